The van der Waals surface area contributed by atoms with Crippen LogP contribution in [0.2, 0.25) is 0 Å². The van der Waals surface area contributed by atoms with Gasteiger partial charge in [-0.2, -0.15) is 0 Å². The van der Waals surface area contributed by atoms with Gasteiger partial charge < -0.3 is 5.32 Å². The zero-order chi connectivity index (χ0) is 12.1. The van der Waals surface area contributed by atoms with Crippen LogP contribution in [0.4, 0.5) is 0 Å². The van der Waals surface area contributed by atoms with Gasteiger partial charge in [0, 0.05) is 31.2 Å². The zero-order valence-corrected chi connectivity index (χ0v) is 11.8. The normalized spacial score (nSPS) is 31.3. The molecular formula is C14H30N2. The van der Waals surface area contributed by atoms with Gasteiger partial charge in [0.2, 0.25) is 0 Å². The van der Waals surface area contributed by atoms with E-state index in [1.54, 1.807) is 0 Å². The maximum Gasteiger partial charge on any atom is 0.0221 e. The van der Waals surface area contributed by atoms with Crippen molar-refractivity contribution in [2.24, 2.45) is 5.92 Å². The third-order valence-corrected chi connectivity index (χ3v) is 4.45. The summed E-state index contributed by atoms with van der Waals surface area (Å²) in [5, 5.41) is 3.74. The first kappa shape index (κ1) is 14.0. The van der Waals surface area contributed by atoms with Crippen molar-refractivity contribution >= 4 is 0 Å². The number of piperazine rings is 1. The Balaban J connectivity index is 2.61. The third kappa shape index (κ3) is 3.21. The summed E-state index contributed by atoms with van der Waals surface area (Å²) in [5.41, 5.74) is 0. The second-order valence-corrected chi connectivity index (χ2v) is 5.42. The van der Waals surface area contributed by atoms with Crippen LogP contribution in [0.15, 0.2) is 0 Å². The van der Waals surface area contributed by atoms with Gasteiger partial charge in [0.25, 0.3) is 0 Å². The van der Waals surface area contributed by atoms with Crippen LogP contribution in [-0.4, -0.2) is 36.1 Å². The first-order chi connectivity index (χ1) is 7.63. The summed E-state index contributed by atoms with van der Waals surface area (Å²) in [6.45, 7) is 14.1. The SMILES string of the molecule is CCC(C)C1CN(C(C)CC)C(CC)CN1. The van der Waals surface area contributed by atoms with E-state index in [9.17, 15) is 0 Å². The molecule has 16 heavy (non-hydrogen) atoms. The number of nitrogens with one attached hydrogen (secondary N) is 1. The van der Waals surface area contributed by atoms with Gasteiger partial charge in [0.15, 0.2) is 0 Å². The highest BCUT2D eigenvalue weighted by Gasteiger charge is 2.31. The molecule has 0 spiro atoms. The van der Waals surface area contributed by atoms with Gasteiger partial charge in [-0.3, -0.25) is 4.90 Å². The lowest BCUT2D eigenvalue weighted by atomic mass is 9.93. The fraction of sp³-hybridized carbons (Fsp3) is 1.00. The highest BCUT2D eigenvalue weighted by Crippen LogP contribution is 2.20. The molecular weight excluding hydrogens is 196 g/mol. The summed E-state index contributed by atoms with van der Waals surface area (Å²) >= 11 is 0. The maximum absolute atomic E-state index is 3.74. The fourth-order valence-corrected chi connectivity index (χ4v) is 2.66. The second-order valence-electron chi connectivity index (χ2n) is 5.42. The van der Waals surface area contributed by atoms with Crippen molar-refractivity contribution in [3.05, 3.63) is 0 Å². The summed E-state index contributed by atoms with van der Waals surface area (Å²) < 4.78 is 0. The fourth-order valence-electron chi connectivity index (χ4n) is 2.66. The molecule has 4 unspecified atom stereocenters. The Kier molecular flexibility index (Phi) is 5.77. The minimum atomic E-state index is 0.696. The Labute approximate surface area is 102 Å². The molecule has 0 aromatic rings. The molecule has 1 saturated heterocycles. The predicted octanol–water partition coefficient (Wildman–Crippen LogP) is 2.88. The Morgan fingerprint density at radius 1 is 1.19 bits per heavy atom. The molecule has 0 aliphatic carbocycles. The Morgan fingerprint density at radius 3 is 2.38 bits per heavy atom. The standard InChI is InChI=1S/C14H30N2/c1-6-11(4)14-10-16(12(5)7-2)13(8-3)9-15-14/h11-15H,6-10H2,1-5H3. The van der Waals surface area contributed by atoms with Gasteiger partial charge in [0.05, 0.1) is 0 Å². The molecule has 0 amide bonds. The Hall–Kier alpha value is -0.0800. The van der Waals surface area contributed by atoms with Crippen LogP contribution < -0.4 is 5.32 Å². The van der Waals surface area contributed by atoms with Gasteiger partial charge in [-0.05, 0) is 25.7 Å². The molecule has 0 bridgehead atoms. The molecule has 96 valence electrons. The highest BCUT2D eigenvalue weighted by molar-refractivity contribution is 4.89. The van der Waals surface area contributed by atoms with Crippen molar-refractivity contribution in [2.45, 2.75) is 72.0 Å². The van der Waals surface area contributed by atoms with E-state index in [0.717, 1.165) is 18.0 Å². The van der Waals surface area contributed by atoms with Crippen molar-refractivity contribution < 1.29 is 0 Å². The second kappa shape index (κ2) is 6.61. The topological polar surface area (TPSA) is 15.3 Å². The summed E-state index contributed by atoms with van der Waals surface area (Å²) in [5.74, 6) is 0.796. The van der Waals surface area contributed by atoms with Gasteiger partial charge >= 0.3 is 0 Å². The summed E-state index contributed by atoms with van der Waals surface area (Å²) in [6, 6.07) is 2.18. The monoisotopic (exact) mass is 226 g/mol. The van der Waals surface area contributed by atoms with Crippen molar-refractivity contribution in [3.8, 4) is 0 Å². The molecule has 0 aromatic carbocycles. The van der Waals surface area contributed by atoms with Gasteiger partial charge in [0.1, 0.15) is 0 Å². The average molecular weight is 226 g/mol. The minimum absolute atomic E-state index is 0.696. The van der Waals surface area contributed by atoms with E-state index in [4.69, 9.17) is 0 Å². The van der Waals surface area contributed by atoms with Crippen molar-refractivity contribution in [2.75, 3.05) is 13.1 Å². The number of rotatable bonds is 5. The van der Waals surface area contributed by atoms with E-state index < -0.39 is 0 Å². The van der Waals surface area contributed by atoms with Crippen molar-refractivity contribution in [1.29, 1.82) is 0 Å². The molecule has 4 atom stereocenters. The molecule has 0 aromatic heterocycles. The smallest absolute Gasteiger partial charge is 0.0221 e. The van der Waals surface area contributed by atoms with Crippen LogP contribution in [0.1, 0.15) is 53.9 Å². The Morgan fingerprint density at radius 2 is 1.88 bits per heavy atom. The van der Waals surface area contributed by atoms with Crippen molar-refractivity contribution in [1.82, 2.24) is 10.2 Å². The van der Waals surface area contributed by atoms with Crippen LogP contribution in [0.5, 0.6) is 0 Å². The molecule has 2 nitrogen and oxygen atoms in total. The molecule has 1 N–H and O–H groups in total. The van der Waals surface area contributed by atoms with Crippen LogP contribution >= 0.6 is 0 Å². The highest BCUT2D eigenvalue weighted by atomic mass is 15.3. The molecule has 1 rings (SSSR count). The lowest BCUT2D eigenvalue weighted by molar-refractivity contribution is 0.0693. The Bertz CT molecular complexity index is 193. The van der Waals surface area contributed by atoms with Crippen LogP contribution in [0.25, 0.3) is 0 Å². The molecule has 0 radical (unpaired) electrons. The maximum atomic E-state index is 3.74. The first-order valence-corrected chi connectivity index (χ1v) is 7.13. The zero-order valence-electron chi connectivity index (χ0n) is 11.8. The van der Waals surface area contributed by atoms with Gasteiger partial charge in [-0.15, -0.1) is 0 Å². The van der Waals surface area contributed by atoms with Gasteiger partial charge in [-0.25, -0.2) is 0 Å². The minimum Gasteiger partial charge on any atom is -0.311 e. The third-order valence-electron chi connectivity index (χ3n) is 4.45. The molecule has 1 aliphatic rings. The number of hydrogen-bond donors (Lipinski definition) is 1. The van der Waals surface area contributed by atoms with Crippen LogP contribution in [0, 0.1) is 5.92 Å². The lowest BCUT2D eigenvalue weighted by Crippen LogP contribution is -2.60. The molecule has 1 heterocycles. The van der Waals surface area contributed by atoms with Gasteiger partial charge in [-0.1, -0.05) is 34.1 Å². The molecule has 0 saturated carbocycles. The summed E-state index contributed by atoms with van der Waals surface area (Å²) in [4.78, 5) is 2.73. The van der Waals surface area contributed by atoms with E-state index in [-0.39, 0.29) is 0 Å². The largest absolute Gasteiger partial charge is 0.311 e. The molecule has 1 aliphatic heterocycles. The van der Waals surface area contributed by atoms with Crippen LogP contribution in [-0.2, 0) is 0 Å². The predicted molar refractivity (Wildman–Crippen MR) is 71.8 cm³/mol. The van der Waals surface area contributed by atoms with E-state index >= 15 is 0 Å². The molecule has 2 heteroatoms. The van der Waals surface area contributed by atoms with E-state index in [1.165, 1.54) is 32.4 Å². The number of nitrogens with zero attached hydrogens (tertiary/aromatic N) is 1. The van der Waals surface area contributed by atoms with Crippen molar-refractivity contribution in [3.63, 3.8) is 0 Å². The van der Waals surface area contributed by atoms with E-state index in [2.05, 4.69) is 44.8 Å². The quantitative estimate of drug-likeness (QED) is 0.775. The number of hydrogen-bond acceptors (Lipinski definition) is 2. The average Bonchev–Trinajstić information content (AvgIpc) is 2.35. The van der Waals surface area contributed by atoms with E-state index in [1.807, 2.05) is 0 Å². The molecule has 1 fully saturated rings. The van der Waals surface area contributed by atoms with E-state index in [0.29, 0.717) is 6.04 Å². The van der Waals surface area contributed by atoms with Crippen LogP contribution in [0.3, 0.4) is 0 Å². The summed E-state index contributed by atoms with van der Waals surface area (Å²) in [6.07, 6.45) is 3.82. The summed E-state index contributed by atoms with van der Waals surface area (Å²) in [7, 11) is 0. The lowest BCUT2D eigenvalue weighted by Gasteiger charge is -2.45. The first-order valence-electron chi connectivity index (χ1n) is 7.13.